The zero-order chi connectivity index (χ0) is 21.9. The number of rotatable bonds is 4. The molecule has 2 aliphatic heterocycles. The summed E-state index contributed by atoms with van der Waals surface area (Å²) in [5, 5.41) is 5.42. The minimum absolute atomic E-state index is 0.0645. The highest BCUT2D eigenvalue weighted by molar-refractivity contribution is 6.22. The van der Waals surface area contributed by atoms with Crippen molar-refractivity contribution in [3.63, 3.8) is 0 Å². The zero-order valence-corrected chi connectivity index (χ0v) is 17.5. The van der Waals surface area contributed by atoms with E-state index in [0.29, 0.717) is 31.6 Å². The molecule has 2 aliphatic rings. The van der Waals surface area contributed by atoms with Gasteiger partial charge in [0.15, 0.2) is 0 Å². The quantitative estimate of drug-likeness (QED) is 0.730. The number of ether oxygens (including phenoxy) is 1. The van der Waals surface area contributed by atoms with Crippen LogP contribution in [0.4, 0.5) is 15.3 Å². The van der Waals surface area contributed by atoms with Gasteiger partial charge in [0.25, 0.3) is 5.91 Å². The Balaban J connectivity index is 1.49. The number of para-hydroxylation sites is 1. The molecule has 9 nitrogen and oxygen atoms in total. The lowest BCUT2D eigenvalue weighted by atomic mass is 10.0. The number of carbonyl (C=O) groups excluding carboxylic acids is 4. The normalized spacial score (nSPS) is 20.2. The average molecular weight is 416 g/mol. The number of likely N-dealkylation sites (tertiary alicyclic amines) is 1. The number of hydrogen-bond donors (Lipinski definition) is 2. The molecule has 3 rings (SSSR count). The van der Waals surface area contributed by atoms with Crippen molar-refractivity contribution in [2.45, 2.75) is 57.7 Å². The SMILES string of the molecule is CC(C)(C)OC(=O)NC1CCN(C(=O)C[C@@H]2NC(=O)N(c3ccccc3)C2=O)CC1. The average Bonchev–Trinajstić information content (AvgIpc) is 2.94. The van der Waals surface area contributed by atoms with Crippen LogP contribution in [0.5, 0.6) is 0 Å². The first kappa shape index (κ1) is 21.6. The number of imide groups is 1. The second-order valence-electron chi connectivity index (χ2n) is 8.52. The molecule has 1 atom stereocenters. The first-order valence-electron chi connectivity index (χ1n) is 10.1. The Morgan fingerprint density at radius 2 is 1.77 bits per heavy atom. The van der Waals surface area contributed by atoms with Gasteiger partial charge in [-0.25, -0.2) is 14.5 Å². The molecule has 0 radical (unpaired) electrons. The van der Waals surface area contributed by atoms with Crippen molar-refractivity contribution in [1.82, 2.24) is 15.5 Å². The van der Waals surface area contributed by atoms with Gasteiger partial charge >= 0.3 is 12.1 Å². The molecule has 2 heterocycles. The summed E-state index contributed by atoms with van der Waals surface area (Å²) in [6.45, 7) is 6.34. The summed E-state index contributed by atoms with van der Waals surface area (Å²) >= 11 is 0. The molecule has 2 fully saturated rings. The van der Waals surface area contributed by atoms with Gasteiger partial charge in [-0.2, -0.15) is 0 Å². The summed E-state index contributed by atoms with van der Waals surface area (Å²) in [6.07, 6.45) is 0.656. The predicted octanol–water partition coefficient (Wildman–Crippen LogP) is 2.02. The summed E-state index contributed by atoms with van der Waals surface area (Å²) in [5.41, 5.74) is -0.0870. The number of hydrogen-bond acceptors (Lipinski definition) is 5. The second kappa shape index (κ2) is 8.73. The number of benzene rings is 1. The fraction of sp³-hybridized carbons (Fsp3) is 0.524. The molecule has 0 aromatic heterocycles. The Labute approximate surface area is 175 Å². The maximum atomic E-state index is 12.7. The molecule has 0 saturated carbocycles. The number of nitrogens with zero attached hydrogens (tertiary/aromatic N) is 2. The summed E-state index contributed by atoms with van der Waals surface area (Å²) in [6, 6.07) is 7.16. The lowest BCUT2D eigenvalue weighted by molar-refractivity contribution is -0.134. The number of amides is 5. The van der Waals surface area contributed by atoms with Crippen LogP contribution >= 0.6 is 0 Å². The Bertz CT molecular complexity index is 812. The number of urea groups is 1. The van der Waals surface area contributed by atoms with E-state index in [0.717, 1.165) is 4.90 Å². The molecule has 162 valence electrons. The molecule has 30 heavy (non-hydrogen) atoms. The van der Waals surface area contributed by atoms with Crippen LogP contribution in [0.1, 0.15) is 40.0 Å². The van der Waals surface area contributed by atoms with Crippen LogP contribution < -0.4 is 15.5 Å². The Hall–Kier alpha value is -3.10. The van der Waals surface area contributed by atoms with Crippen LogP contribution in [0, 0.1) is 0 Å². The topological polar surface area (TPSA) is 108 Å². The van der Waals surface area contributed by atoms with E-state index < -0.39 is 29.7 Å². The summed E-state index contributed by atoms with van der Waals surface area (Å²) < 4.78 is 5.26. The predicted molar refractivity (Wildman–Crippen MR) is 110 cm³/mol. The largest absolute Gasteiger partial charge is 0.444 e. The summed E-state index contributed by atoms with van der Waals surface area (Å²) in [5.74, 6) is -0.625. The maximum absolute atomic E-state index is 12.7. The fourth-order valence-electron chi connectivity index (χ4n) is 3.54. The molecule has 1 aromatic rings. The number of anilines is 1. The molecule has 1 aromatic carbocycles. The van der Waals surface area contributed by atoms with Crippen LogP contribution in [-0.4, -0.2) is 59.6 Å². The van der Waals surface area contributed by atoms with Gasteiger partial charge in [0, 0.05) is 19.1 Å². The smallest absolute Gasteiger partial charge is 0.407 e. The van der Waals surface area contributed by atoms with Crippen molar-refractivity contribution in [3.05, 3.63) is 30.3 Å². The van der Waals surface area contributed by atoms with Crippen molar-refractivity contribution < 1.29 is 23.9 Å². The minimum atomic E-state index is -0.872. The van der Waals surface area contributed by atoms with Crippen LogP contribution in [0.15, 0.2) is 30.3 Å². The number of carbonyl (C=O) groups is 4. The van der Waals surface area contributed by atoms with Crippen LogP contribution in [0.2, 0.25) is 0 Å². The fourth-order valence-corrected chi connectivity index (χ4v) is 3.54. The third kappa shape index (κ3) is 5.28. The van der Waals surface area contributed by atoms with Gasteiger partial charge < -0.3 is 20.3 Å². The highest BCUT2D eigenvalue weighted by Crippen LogP contribution is 2.21. The van der Waals surface area contributed by atoms with Crippen molar-refractivity contribution in [3.8, 4) is 0 Å². The molecular formula is C21H28N4O5. The van der Waals surface area contributed by atoms with Gasteiger partial charge in [-0.3, -0.25) is 9.59 Å². The number of alkyl carbamates (subject to hydrolysis) is 1. The molecule has 2 saturated heterocycles. The minimum Gasteiger partial charge on any atom is -0.444 e. The van der Waals surface area contributed by atoms with E-state index >= 15 is 0 Å². The molecular weight excluding hydrogens is 388 g/mol. The number of piperidine rings is 1. The third-order valence-corrected chi connectivity index (χ3v) is 4.98. The molecule has 0 bridgehead atoms. The highest BCUT2D eigenvalue weighted by Gasteiger charge is 2.41. The summed E-state index contributed by atoms with van der Waals surface area (Å²) in [7, 11) is 0. The molecule has 5 amide bonds. The maximum Gasteiger partial charge on any atom is 0.407 e. The zero-order valence-electron chi connectivity index (χ0n) is 17.5. The lowest BCUT2D eigenvalue weighted by Crippen LogP contribution is -2.48. The molecule has 0 aliphatic carbocycles. The number of nitrogens with one attached hydrogen (secondary N) is 2. The molecule has 0 spiro atoms. The summed E-state index contributed by atoms with van der Waals surface area (Å²) in [4.78, 5) is 52.1. The van der Waals surface area contributed by atoms with Crippen molar-refractivity contribution >= 4 is 29.6 Å². The molecule has 2 N–H and O–H groups in total. The van der Waals surface area contributed by atoms with Gasteiger partial charge in [-0.15, -0.1) is 0 Å². The van der Waals surface area contributed by atoms with Gasteiger partial charge in [-0.1, -0.05) is 18.2 Å². The van der Waals surface area contributed by atoms with Crippen LogP contribution in [0.3, 0.4) is 0 Å². The standard InChI is InChI=1S/C21H28N4O5/c1-21(2,3)30-20(29)22-14-9-11-24(12-10-14)17(26)13-16-18(27)25(19(28)23-16)15-7-5-4-6-8-15/h4-8,14,16H,9-13H2,1-3H3,(H,22,29)(H,23,28)/t16-/m0/s1. The van der Waals surface area contributed by atoms with Crippen molar-refractivity contribution in [2.75, 3.05) is 18.0 Å². The van der Waals surface area contributed by atoms with E-state index in [1.165, 1.54) is 0 Å². The van der Waals surface area contributed by atoms with Crippen molar-refractivity contribution in [1.29, 1.82) is 0 Å². The van der Waals surface area contributed by atoms with E-state index in [2.05, 4.69) is 10.6 Å². The van der Waals surface area contributed by atoms with E-state index in [1.54, 1.807) is 56.0 Å². The van der Waals surface area contributed by atoms with Crippen LogP contribution in [-0.2, 0) is 14.3 Å². The lowest BCUT2D eigenvalue weighted by Gasteiger charge is -2.33. The van der Waals surface area contributed by atoms with Crippen molar-refractivity contribution in [2.24, 2.45) is 0 Å². The molecule has 0 unspecified atom stereocenters. The Morgan fingerprint density at radius 1 is 1.13 bits per heavy atom. The van der Waals surface area contributed by atoms with E-state index in [4.69, 9.17) is 4.74 Å². The van der Waals surface area contributed by atoms with Gasteiger partial charge in [-0.05, 0) is 45.7 Å². The van der Waals surface area contributed by atoms with E-state index in [9.17, 15) is 19.2 Å². The molecule has 9 heteroatoms. The first-order chi connectivity index (χ1) is 14.1. The monoisotopic (exact) mass is 416 g/mol. The Morgan fingerprint density at radius 3 is 2.37 bits per heavy atom. The Kier molecular flexibility index (Phi) is 6.28. The van der Waals surface area contributed by atoms with Gasteiger partial charge in [0.1, 0.15) is 11.6 Å². The van der Waals surface area contributed by atoms with Crippen LogP contribution in [0.25, 0.3) is 0 Å². The van der Waals surface area contributed by atoms with Gasteiger partial charge in [0.05, 0.1) is 12.1 Å². The van der Waals surface area contributed by atoms with Gasteiger partial charge in [0.2, 0.25) is 5.91 Å². The van der Waals surface area contributed by atoms with E-state index in [-0.39, 0.29) is 18.4 Å². The van der Waals surface area contributed by atoms with E-state index in [1.807, 2.05) is 0 Å². The first-order valence-corrected chi connectivity index (χ1v) is 10.1. The second-order valence-corrected chi connectivity index (χ2v) is 8.52. The third-order valence-electron chi connectivity index (χ3n) is 4.98. The highest BCUT2D eigenvalue weighted by atomic mass is 16.6.